The van der Waals surface area contributed by atoms with Crippen LogP contribution >= 0.6 is 0 Å². The Morgan fingerprint density at radius 1 is 1.36 bits per heavy atom. The highest BCUT2D eigenvalue weighted by atomic mass is 16.6. The summed E-state index contributed by atoms with van der Waals surface area (Å²) in [6.07, 6.45) is 1.09. The molecule has 0 saturated carbocycles. The number of hydrogen-bond acceptors (Lipinski definition) is 7. The molecule has 132 valence electrons. The number of nitrogens with one attached hydrogen (secondary N) is 2. The monoisotopic (exact) mass is 348 g/mol. The fourth-order valence-corrected chi connectivity index (χ4v) is 2.06. The molecular formula is C15H16N4O6. The second kappa shape index (κ2) is 7.93. The SMILES string of the molecule is Nc1ccc(NC(=O)CC(NCc2ccco2)C(=O)O)cc1[N+](=O)[O-]. The summed E-state index contributed by atoms with van der Waals surface area (Å²) in [5.41, 5.74) is 5.25. The molecule has 0 saturated heterocycles. The molecule has 0 fully saturated rings. The van der Waals surface area contributed by atoms with Gasteiger partial charge in [0.15, 0.2) is 0 Å². The number of amides is 1. The van der Waals surface area contributed by atoms with E-state index in [-0.39, 0.29) is 30.0 Å². The molecule has 0 aliphatic rings. The Morgan fingerprint density at radius 2 is 2.12 bits per heavy atom. The first kappa shape index (κ1) is 17.9. The summed E-state index contributed by atoms with van der Waals surface area (Å²) >= 11 is 0. The van der Waals surface area contributed by atoms with Crippen molar-refractivity contribution in [3.63, 3.8) is 0 Å². The van der Waals surface area contributed by atoms with Crippen molar-refractivity contribution in [3.05, 3.63) is 52.5 Å². The molecule has 10 heteroatoms. The number of carboxylic acids is 1. The van der Waals surface area contributed by atoms with Gasteiger partial charge in [0.25, 0.3) is 5.69 Å². The Hall–Kier alpha value is -3.40. The third-order valence-corrected chi connectivity index (χ3v) is 3.30. The van der Waals surface area contributed by atoms with Crippen LogP contribution in [0.5, 0.6) is 0 Å². The van der Waals surface area contributed by atoms with Gasteiger partial charge in [0.2, 0.25) is 5.91 Å². The van der Waals surface area contributed by atoms with E-state index in [0.29, 0.717) is 5.76 Å². The molecule has 1 atom stereocenters. The molecule has 1 heterocycles. The van der Waals surface area contributed by atoms with Crippen LogP contribution in [0.2, 0.25) is 0 Å². The third kappa shape index (κ3) is 5.04. The van der Waals surface area contributed by atoms with E-state index in [9.17, 15) is 24.8 Å². The Morgan fingerprint density at radius 3 is 2.72 bits per heavy atom. The quantitative estimate of drug-likeness (QED) is 0.316. The summed E-state index contributed by atoms with van der Waals surface area (Å²) in [5, 5.41) is 25.1. The first-order valence-electron chi connectivity index (χ1n) is 7.19. The Labute approximate surface area is 141 Å². The van der Waals surface area contributed by atoms with Crippen molar-refractivity contribution in [2.45, 2.75) is 19.0 Å². The van der Waals surface area contributed by atoms with Crippen LogP contribution in [0.4, 0.5) is 17.1 Å². The van der Waals surface area contributed by atoms with Gasteiger partial charge in [0, 0.05) is 11.8 Å². The first-order valence-corrected chi connectivity index (χ1v) is 7.19. The van der Waals surface area contributed by atoms with Gasteiger partial charge in [0.1, 0.15) is 17.5 Å². The van der Waals surface area contributed by atoms with E-state index in [1.807, 2.05) is 0 Å². The number of carbonyl (C=O) groups is 2. The number of hydrogen-bond donors (Lipinski definition) is 4. The van der Waals surface area contributed by atoms with Gasteiger partial charge in [-0.1, -0.05) is 0 Å². The molecule has 0 bridgehead atoms. The van der Waals surface area contributed by atoms with Crippen molar-refractivity contribution in [1.82, 2.24) is 5.32 Å². The number of nitro benzene ring substituents is 1. The highest BCUT2D eigenvalue weighted by Crippen LogP contribution is 2.25. The van der Waals surface area contributed by atoms with Crippen molar-refractivity contribution in [2.75, 3.05) is 11.1 Å². The Kier molecular flexibility index (Phi) is 5.69. The number of anilines is 2. The van der Waals surface area contributed by atoms with Crippen LogP contribution < -0.4 is 16.4 Å². The average Bonchev–Trinajstić information content (AvgIpc) is 3.06. The van der Waals surface area contributed by atoms with E-state index in [4.69, 9.17) is 10.2 Å². The Bertz CT molecular complexity index is 774. The van der Waals surface area contributed by atoms with Crippen LogP contribution in [-0.4, -0.2) is 27.9 Å². The van der Waals surface area contributed by atoms with Crippen LogP contribution in [0.3, 0.4) is 0 Å². The standard InChI is InChI=1S/C15H16N4O6/c16-11-4-3-9(6-13(11)19(23)24)18-14(20)7-12(15(21)22)17-8-10-2-1-5-25-10/h1-6,12,17H,7-8,16H2,(H,18,20)(H,21,22). The molecule has 0 spiro atoms. The summed E-state index contributed by atoms with van der Waals surface area (Å²) in [6.45, 7) is 0.143. The normalized spacial score (nSPS) is 11.7. The van der Waals surface area contributed by atoms with E-state index in [0.717, 1.165) is 6.07 Å². The molecule has 2 rings (SSSR count). The lowest BCUT2D eigenvalue weighted by molar-refractivity contribution is -0.383. The van der Waals surface area contributed by atoms with Crippen LogP contribution in [0.1, 0.15) is 12.2 Å². The molecule has 10 nitrogen and oxygen atoms in total. The van der Waals surface area contributed by atoms with Gasteiger partial charge in [-0.25, -0.2) is 0 Å². The molecule has 1 amide bonds. The number of aliphatic carboxylic acids is 1. The molecule has 5 N–H and O–H groups in total. The second-order valence-electron chi connectivity index (χ2n) is 5.13. The zero-order chi connectivity index (χ0) is 18.4. The van der Waals surface area contributed by atoms with Gasteiger partial charge < -0.3 is 20.6 Å². The number of nitrogen functional groups attached to an aromatic ring is 1. The largest absolute Gasteiger partial charge is 0.480 e. The minimum atomic E-state index is -1.20. The number of nitrogens with two attached hydrogens (primary N) is 1. The lowest BCUT2D eigenvalue weighted by Crippen LogP contribution is -2.39. The van der Waals surface area contributed by atoms with Crippen molar-refractivity contribution in [3.8, 4) is 0 Å². The first-order chi connectivity index (χ1) is 11.9. The zero-order valence-electron chi connectivity index (χ0n) is 13.0. The van der Waals surface area contributed by atoms with Crippen molar-refractivity contribution in [1.29, 1.82) is 0 Å². The molecule has 1 unspecified atom stereocenters. The van der Waals surface area contributed by atoms with Gasteiger partial charge in [-0.3, -0.25) is 25.0 Å². The molecule has 2 aromatic rings. The summed E-state index contributed by atoms with van der Waals surface area (Å²) in [5.74, 6) is -1.29. The zero-order valence-corrected chi connectivity index (χ0v) is 13.0. The van der Waals surface area contributed by atoms with Gasteiger partial charge >= 0.3 is 5.97 Å². The molecule has 25 heavy (non-hydrogen) atoms. The molecule has 1 aromatic carbocycles. The van der Waals surface area contributed by atoms with Crippen LogP contribution in [-0.2, 0) is 16.1 Å². The van der Waals surface area contributed by atoms with Crippen LogP contribution in [0.15, 0.2) is 41.0 Å². The fourth-order valence-electron chi connectivity index (χ4n) is 2.06. The lowest BCUT2D eigenvalue weighted by Gasteiger charge is -2.13. The molecule has 0 aliphatic heterocycles. The predicted octanol–water partition coefficient (Wildman–Crippen LogP) is 1.34. The second-order valence-corrected chi connectivity index (χ2v) is 5.13. The van der Waals surface area contributed by atoms with Gasteiger partial charge in [-0.15, -0.1) is 0 Å². The predicted molar refractivity (Wildman–Crippen MR) is 87.7 cm³/mol. The maximum absolute atomic E-state index is 12.0. The summed E-state index contributed by atoms with van der Waals surface area (Å²) in [7, 11) is 0. The third-order valence-electron chi connectivity index (χ3n) is 3.30. The summed E-state index contributed by atoms with van der Waals surface area (Å²) in [6, 6.07) is 5.98. The molecular weight excluding hydrogens is 332 g/mol. The average molecular weight is 348 g/mol. The van der Waals surface area contributed by atoms with Crippen molar-refractivity contribution >= 4 is 28.9 Å². The smallest absolute Gasteiger partial charge is 0.321 e. The van der Waals surface area contributed by atoms with Gasteiger partial charge in [-0.05, 0) is 24.3 Å². The number of nitrogens with zero attached hydrogens (tertiary/aromatic N) is 1. The Balaban J connectivity index is 1.98. The van der Waals surface area contributed by atoms with E-state index in [2.05, 4.69) is 10.6 Å². The van der Waals surface area contributed by atoms with E-state index >= 15 is 0 Å². The highest BCUT2D eigenvalue weighted by Gasteiger charge is 2.22. The number of benzene rings is 1. The number of nitro groups is 1. The van der Waals surface area contributed by atoms with Gasteiger partial charge in [0.05, 0.1) is 24.2 Å². The van der Waals surface area contributed by atoms with E-state index in [1.54, 1.807) is 12.1 Å². The number of rotatable bonds is 8. The minimum absolute atomic E-state index is 0.0356. The molecule has 0 aliphatic carbocycles. The van der Waals surface area contributed by atoms with Gasteiger partial charge in [-0.2, -0.15) is 0 Å². The van der Waals surface area contributed by atoms with E-state index < -0.39 is 22.8 Å². The van der Waals surface area contributed by atoms with Crippen molar-refractivity contribution < 1.29 is 24.0 Å². The number of furan rings is 1. The maximum atomic E-state index is 12.0. The number of carboxylic acid groups (broad SMARTS) is 1. The lowest BCUT2D eigenvalue weighted by atomic mass is 10.2. The topological polar surface area (TPSA) is 161 Å². The van der Waals surface area contributed by atoms with Crippen LogP contribution in [0.25, 0.3) is 0 Å². The summed E-state index contributed by atoms with van der Waals surface area (Å²) in [4.78, 5) is 33.4. The maximum Gasteiger partial charge on any atom is 0.321 e. The minimum Gasteiger partial charge on any atom is -0.480 e. The molecule has 0 radical (unpaired) electrons. The molecule has 1 aromatic heterocycles. The van der Waals surface area contributed by atoms with Crippen molar-refractivity contribution in [2.24, 2.45) is 0 Å². The number of carbonyl (C=O) groups excluding carboxylic acids is 1. The van der Waals surface area contributed by atoms with E-state index in [1.165, 1.54) is 18.4 Å². The highest BCUT2D eigenvalue weighted by molar-refractivity contribution is 5.94. The summed E-state index contributed by atoms with van der Waals surface area (Å²) < 4.78 is 5.08. The van der Waals surface area contributed by atoms with Crippen LogP contribution in [0, 0.1) is 10.1 Å². The fraction of sp³-hybridized carbons (Fsp3) is 0.200.